The summed E-state index contributed by atoms with van der Waals surface area (Å²) < 4.78 is 14.3. The van der Waals surface area contributed by atoms with E-state index in [4.69, 9.17) is 21.1 Å². The van der Waals surface area contributed by atoms with E-state index in [-0.39, 0.29) is 17.3 Å². The molecule has 1 aliphatic rings. The number of benzene rings is 1. The molecule has 3 aromatic rings. The highest BCUT2D eigenvalue weighted by Crippen LogP contribution is 2.38. The van der Waals surface area contributed by atoms with Crippen molar-refractivity contribution in [3.05, 3.63) is 41.3 Å². The Morgan fingerprint density at radius 1 is 1.18 bits per heavy atom. The summed E-state index contributed by atoms with van der Waals surface area (Å²) in [5.41, 5.74) is 3.16. The molecule has 0 unspecified atom stereocenters. The molecule has 0 atom stereocenters. The van der Waals surface area contributed by atoms with Crippen LogP contribution in [0, 0.1) is 0 Å². The Morgan fingerprint density at radius 2 is 1.88 bits per heavy atom. The molecule has 2 heterocycles. The van der Waals surface area contributed by atoms with Gasteiger partial charge in [0.15, 0.2) is 5.65 Å². The molecule has 1 aromatic carbocycles. The van der Waals surface area contributed by atoms with Crippen molar-refractivity contribution in [3.8, 4) is 17.0 Å². The van der Waals surface area contributed by atoms with Gasteiger partial charge in [-0.05, 0) is 61.0 Å². The zero-order valence-electron chi connectivity index (χ0n) is 20.4. The molecule has 0 aliphatic heterocycles. The number of nitrogens with zero attached hydrogens (tertiary/aromatic N) is 3. The molecule has 34 heavy (non-hydrogen) atoms. The molecule has 1 aliphatic carbocycles. The van der Waals surface area contributed by atoms with Crippen LogP contribution in [0.25, 0.3) is 22.2 Å². The quantitative estimate of drug-likeness (QED) is 0.230. The highest BCUT2D eigenvalue weighted by Gasteiger charge is 2.24. The fourth-order valence-corrected chi connectivity index (χ4v) is 5.10. The summed E-state index contributed by atoms with van der Waals surface area (Å²) in [6, 6.07) is 8.59. The van der Waals surface area contributed by atoms with Gasteiger partial charge in [-0.2, -0.15) is 9.97 Å². The zero-order chi connectivity index (χ0) is 24.3. The number of rotatable bonds is 9. The lowest BCUT2D eigenvalue weighted by molar-refractivity contribution is 0.0899. The Labute approximate surface area is 206 Å². The molecule has 0 radical (unpaired) electrons. The number of carbonyl (C=O) groups excluding carboxylic acids is 1. The average molecular weight is 501 g/mol. The molecule has 1 saturated carbocycles. The number of hydrogen-bond acceptors (Lipinski definition) is 5. The standard InChI is InChI=1S/C25H33ClN4O3Si/c1-27-23(31)18-11-9-17(10-12-18)20-15-30(16-32-13-14-34(2,3)4)22-21(20)24(29-25(26)28-22)33-19-7-5-6-8-19/h9-12,15,19H,5-8,13-14,16H2,1-4H3,(H,27,31). The van der Waals surface area contributed by atoms with Crippen LogP contribution in [0.3, 0.4) is 0 Å². The Kier molecular flexibility index (Phi) is 7.59. The predicted molar refractivity (Wildman–Crippen MR) is 138 cm³/mol. The van der Waals surface area contributed by atoms with E-state index >= 15 is 0 Å². The highest BCUT2D eigenvalue weighted by atomic mass is 35.5. The third kappa shape index (κ3) is 5.79. The van der Waals surface area contributed by atoms with Crippen molar-refractivity contribution in [3.63, 3.8) is 0 Å². The lowest BCUT2D eigenvalue weighted by Gasteiger charge is -2.16. The monoisotopic (exact) mass is 500 g/mol. The first-order valence-corrected chi connectivity index (χ1v) is 16.0. The van der Waals surface area contributed by atoms with Crippen LogP contribution in [0.15, 0.2) is 30.5 Å². The van der Waals surface area contributed by atoms with Crippen LogP contribution in [0.4, 0.5) is 0 Å². The van der Waals surface area contributed by atoms with Gasteiger partial charge in [0.2, 0.25) is 11.2 Å². The van der Waals surface area contributed by atoms with Crippen molar-refractivity contribution in [2.75, 3.05) is 13.7 Å². The molecule has 1 fully saturated rings. The van der Waals surface area contributed by atoms with Crippen LogP contribution in [-0.4, -0.2) is 48.3 Å². The van der Waals surface area contributed by atoms with Gasteiger partial charge in [-0.25, -0.2) is 0 Å². The summed E-state index contributed by atoms with van der Waals surface area (Å²) in [5, 5.41) is 3.63. The second-order valence-electron chi connectivity index (χ2n) is 10.0. The Morgan fingerprint density at radius 3 is 2.53 bits per heavy atom. The molecule has 2 aromatic heterocycles. The average Bonchev–Trinajstić information content (AvgIpc) is 3.43. The molecule has 182 valence electrons. The number of halogens is 1. The topological polar surface area (TPSA) is 78.3 Å². The van der Waals surface area contributed by atoms with Gasteiger partial charge in [-0.1, -0.05) is 31.8 Å². The van der Waals surface area contributed by atoms with E-state index in [1.54, 1.807) is 7.05 Å². The number of carbonyl (C=O) groups is 1. The summed E-state index contributed by atoms with van der Waals surface area (Å²) in [4.78, 5) is 21.0. The fraction of sp³-hybridized carbons (Fsp3) is 0.480. The van der Waals surface area contributed by atoms with E-state index in [0.717, 1.165) is 48.2 Å². The van der Waals surface area contributed by atoms with Crippen LogP contribution < -0.4 is 10.1 Å². The Bertz CT molecular complexity index is 1150. The van der Waals surface area contributed by atoms with Gasteiger partial charge in [0.1, 0.15) is 12.8 Å². The van der Waals surface area contributed by atoms with Crippen molar-refractivity contribution in [2.45, 2.75) is 64.2 Å². The summed E-state index contributed by atoms with van der Waals surface area (Å²) in [6.45, 7) is 8.08. The molecule has 1 amide bonds. The first kappa shape index (κ1) is 24.7. The minimum atomic E-state index is -1.19. The van der Waals surface area contributed by atoms with Crippen LogP contribution in [0.1, 0.15) is 36.0 Å². The summed E-state index contributed by atoms with van der Waals surface area (Å²) in [6.07, 6.45) is 6.49. The third-order valence-corrected chi connectivity index (χ3v) is 8.02. The van der Waals surface area contributed by atoms with E-state index in [9.17, 15) is 4.79 Å². The second kappa shape index (κ2) is 10.5. The van der Waals surface area contributed by atoms with E-state index in [2.05, 4.69) is 34.9 Å². The largest absolute Gasteiger partial charge is 0.474 e. The maximum atomic E-state index is 12.0. The SMILES string of the molecule is CNC(=O)c1ccc(-c2cn(COCC[Si](C)(C)C)c3nc(Cl)nc(OC4CCCC4)c23)cc1. The van der Waals surface area contributed by atoms with E-state index in [0.29, 0.717) is 30.4 Å². The minimum absolute atomic E-state index is 0.120. The van der Waals surface area contributed by atoms with Crippen molar-refractivity contribution in [2.24, 2.45) is 0 Å². The molecular formula is C25H33ClN4O3Si. The molecular weight excluding hydrogens is 468 g/mol. The normalized spacial score (nSPS) is 14.6. The molecule has 0 bridgehead atoms. The van der Waals surface area contributed by atoms with Gasteiger partial charge in [0.25, 0.3) is 5.91 Å². The van der Waals surface area contributed by atoms with E-state index in [1.165, 1.54) is 0 Å². The smallest absolute Gasteiger partial charge is 0.251 e. The molecule has 0 spiro atoms. The molecule has 0 saturated heterocycles. The van der Waals surface area contributed by atoms with Gasteiger partial charge in [0.05, 0.1) is 5.39 Å². The highest BCUT2D eigenvalue weighted by molar-refractivity contribution is 6.76. The van der Waals surface area contributed by atoms with Crippen molar-refractivity contribution >= 4 is 36.6 Å². The van der Waals surface area contributed by atoms with Gasteiger partial charge < -0.3 is 19.4 Å². The van der Waals surface area contributed by atoms with Crippen LogP contribution >= 0.6 is 11.6 Å². The van der Waals surface area contributed by atoms with Gasteiger partial charge in [-0.15, -0.1) is 0 Å². The van der Waals surface area contributed by atoms with Gasteiger partial charge in [-0.3, -0.25) is 4.79 Å². The summed E-state index contributed by atoms with van der Waals surface area (Å²) in [5.74, 6) is 0.387. The van der Waals surface area contributed by atoms with Crippen LogP contribution in [0.5, 0.6) is 5.88 Å². The van der Waals surface area contributed by atoms with Crippen LogP contribution in [-0.2, 0) is 11.5 Å². The maximum absolute atomic E-state index is 12.0. The van der Waals surface area contributed by atoms with Crippen molar-refractivity contribution in [1.29, 1.82) is 0 Å². The number of aromatic nitrogens is 3. The van der Waals surface area contributed by atoms with Crippen molar-refractivity contribution < 1.29 is 14.3 Å². The lowest BCUT2D eigenvalue weighted by Crippen LogP contribution is -2.22. The minimum Gasteiger partial charge on any atom is -0.474 e. The van der Waals surface area contributed by atoms with E-state index in [1.807, 2.05) is 35.0 Å². The summed E-state index contributed by atoms with van der Waals surface area (Å²) in [7, 11) is 0.438. The molecule has 9 heteroatoms. The number of fused-ring (bicyclic) bond motifs is 1. The number of amides is 1. The lowest BCUT2D eigenvalue weighted by atomic mass is 10.0. The second-order valence-corrected chi connectivity index (χ2v) is 16.0. The maximum Gasteiger partial charge on any atom is 0.251 e. The summed E-state index contributed by atoms with van der Waals surface area (Å²) >= 11 is 6.33. The molecule has 4 rings (SSSR count). The Hall–Kier alpha value is -2.42. The first-order chi connectivity index (χ1) is 16.2. The predicted octanol–water partition coefficient (Wildman–Crippen LogP) is 5.75. The first-order valence-electron chi connectivity index (χ1n) is 11.9. The number of hydrogen-bond donors (Lipinski definition) is 1. The number of nitrogens with one attached hydrogen (secondary N) is 1. The molecule has 1 N–H and O–H groups in total. The van der Waals surface area contributed by atoms with Crippen molar-refractivity contribution in [1.82, 2.24) is 19.9 Å². The molecule has 7 nitrogen and oxygen atoms in total. The van der Waals surface area contributed by atoms with Gasteiger partial charge in [0, 0.05) is 39.1 Å². The van der Waals surface area contributed by atoms with E-state index < -0.39 is 8.07 Å². The van der Waals surface area contributed by atoms with Crippen LogP contribution in [0.2, 0.25) is 31.0 Å². The fourth-order valence-electron chi connectivity index (χ4n) is 4.18. The Balaban J connectivity index is 1.73. The third-order valence-electron chi connectivity index (χ3n) is 6.15. The van der Waals surface area contributed by atoms with Gasteiger partial charge >= 0.3 is 0 Å². The number of ether oxygens (including phenoxy) is 2. The zero-order valence-corrected chi connectivity index (χ0v) is 22.1.